The van der Waals surface area contributed by atoms with Gasteiger partial charge in [0, 0.05) is 6.54 Å². The second-order valence-corrected chi connectivity index (χ2v) is 5.68. The molecule has 0 aliphatic rings. The van der Waals surface area contributed by atoms with Gasteiger partial charge in [-0.15, -0.1) is 0 Å². The Labute approximate surface area is 136 Å². The predicted octanol–water partition coefficient (Wildman–Crippen LogP) is 3.84. The third-order valence-electron chi connectivity index (χ3n) is 3.73. The highest BCUT2D eigenvalue weighted by Crippen LogP contribution is 2.17. The van der Waals surface area contributed by atoms with Gasteiger partial charge in [-0.25, -0.2) is 4.39 Å². The van der Waals surface area contributed by atoms with E-state index in [0.29, 0.717) is 6.54 Å². The van der Waals surface area contributed by atoms with Crippen LogP contribution in [0.25, 0.3) is 0 Å². The zero-order valence-electron chi connectivity index (χ0n) is 13.8. The molecule has 0 spiro atoms. The van der Waals surface area contributed by atoms with E-state index in [1.165, 1.54) is 22.8 Å². The van der Waals surface area contributed by atoms with Crippen LogP contribution in [-0.2, 0) is 11.3 Å². The number of hydrogen-bond acceptors (Lipinski definition) is 2. The molecule has 0 saturated heterocycles. The van der Waals surface area contributed by atoms with Crippen LogP contribution in [0.15, 0.2) is 36.4 Å². The van der Waals surface area contributed by atoms with E-state index in [2.05, 4.69) is 24.4 Å². The fraction of sp³-hybridized carbons (Fsp3) is 0.316. The number of carbonyl (C=O) groups excluding carboxylic acids is 1. The Morgan fingerprint density at radius 1 is 1.13 bits per heavy atom. The van der Waals surface area contributed by atoms with Gasteiger partial charge in [0.25, 0.3) is 0 Å². The van der Waals surface area contributed by atoms with Crippen LogP contribution in [0.3, 0.4) is 0 Å². The largest absolute Gasteiger partial charge is 0.490 e. The van der Waals surface area contributed by atoms with E-state index in [0.717, 1.165) is 5.56 Å². The first-order chi connectivity index (χ1) is 11.0. The highest BCUT2D eigenvalue weighted by Gasteiger charge is 2.08. The van der Waals surface area contributed by atoms with Gasteiger partial charge >= 0.3 is 0 Å². The zero-order chi connectivity index (χ0) is 16.8. The number of carbonyl (C=O) groups is 1. The monoisotopic (exact) mass is 315 g/mol. The van der Waals surface area contributed by atoms with E-state index >= 15 is 0 Å². The molecule has 3 nitrogen and oxygen atoms in total. The van der Waals surface area contributed by atoms with Crippen molar-refractivity contribution in [1.82, 2.24) is 5.32 Å². The summed E-state index contributed by atoms with van der Waals surface area (Å²) in [5, 5.41) is 2.89. The van der Waals surface area contributed by atoms with Crippen molar-refractivity contribution in [2.45, 2.75) is 33.7 Å². The Morgan fingerprint density at radius 2 is 1.78 bits per heavy atom. The maximum Gasteiger partial charge on any atom is 0.223 e. The average Bonchev–Trinajstić information content (AvgIpc) is 2.48. The first kappa shape index (κ1) is 17.0. The number of amides is 1. The van der Waals surface area contributed by atoms with Crippen molar-refractivity contribution < 1.29 is 13.9 Å². The van der Waals surface area contributed by atoms with Gasteiger partial charge < -0.3 is 10.1 Å². The van der Waals surface area contributed by atoms with Gasteiger partial charge in [0.2, 0.25) is 5.91 Å². The molecule has 23 heavy (non-hydrogen) atoms. The normalized spacial score (nSPS) is 10.4. The molecule has 2 aromatic rings. The van der Waals surface area contributed by atoms with Crippen molar-refractivity contribution in [2.75, 3.05) is 6.61 Å². The fourth-order valence-corrected chi connectivity index (χ4v) is 2.58. The number of para-hydroxylation sites is 1. The molecule has 4 heteroatoms. The summed E-state index contributed by atoms with van der Waals surface area (Å²) < 4.78 is 18.7. The van der Waals surface area contributed by atoms with E-state index in [-0.39, 0.29) is 24.7 Å². The molecular weight excluding hydrogens is 293 g/mol. The summed E-state index contributed by atoms with van der Waals surface area (Å²) in [5.74, 6) is -0.356. The summed E-state index contributed by atoms with van der Waals surface area (Å²) in [7, 11) is 0. The van der Waals surface area contributed by atoms with Crippen LogP contribution in [0.2, 0.25) is 0 Å². The molecule has 0 unspecified atom stereocenters. The molecule has 2 aromatic carbocycles. The minimum absolute atomic E-state index is 0.110. The molecule has 0 radical (unpaired) electrons. The molecule has 0 bridgehead atoms. The molecule has 0 saturated carbocycles. The lowest BCUT2D eigenvalue weighted by Crippen LogP contribution is -2.25. The summed E-state index contributed by atoms with van der Waals surface area (Å²) in [6.45, 7) is 6.79. The SMILES string of the molecule is Cc1cc(C)c(CNC(=O)CCOc2ccccc2F)c(C)c1. The zero-order valence-corrected chi connectivity index (χ0v) is 13.8. The smallest absolute Gasteiger partial charge is 0.223 e. The van der Waals surface area contributed by atoms with Crippen LogP contribution < -0.4 is 10.1 Å². The second-order valence-electron chi connectivity index (χ2n) is 5.68. The maximum absolute atomic E-state index is 13.4. The lowest BCUT2D eigenvalue weighted by atomic mass is 10.00. The Balaban J connectivity index is 1.81. The molecule has 0 aliphatic carbocycles. The maximum atomic E-state index is 13.4. The number of rotatable bonds is 6. The molecule has 0 aromatic heterocycles. The number of benzene rings is 2. The minimum atomic E-state index is -0.418. The van der Waals surface area contributed by atoms with E-state index in [9.17, 15) is 9.18 Å². The van der Waals surface area contributed by atoms with Gasteiger partial charge in [-0.3, -0.25) is 4.79 Å². The van der Waals surface area contributed by atoms with Crippen LogP contribution in [-0.4, -0.2) is 12.5 Å². The topological polar surface area (TPSA) is 38.3 Å². The molecular formula is C19H22FNO2. The summed E-state index contributed by atoms with van der Waals surface area (Å²) in [6, 6.07) is 10.4. The molecule has 122 valence electrons. The van der Waals surface area contributed by atoms with Gasteiger partial charge in [0.05, 0.1) is 13.0 Å². The molecule has 0 heterocycles. The van der Waals surface area contributed by atoms with Crippen molar-refractivity contribution in [3.8, 4) is 5.75 Å². The Kier molecular flexibility index (Phi) is 5.74. The number of ether oxygens (including phenoxy) is 1. The molecule has 0 aliphatic heterocycles. The summed E-state index contributed by atoms with van der Waals surface area (Å²) in [5.41, 5.74) is 4.70. The van der Waals surface area contributed by atoms with Crippen molar-refractivity contribution in [3.05, 3.63) is 64.5 Å². The van der Waals surface area contributed by atoms with Crippen LogP contribution >= 0.6 is 0 Å². The lowest BCUT2D eigenvalue weighted by Gasteiger charge is -2.13. The third-order valence-corrected chi connectivity index (χ3v) is 3.73. The number of hydrogen-bond donors (Lipinski definition) is 1. The molecule has 0 fully saturated rings. The van der Waals surface area contributed by atoms with Gasteiger partial charge in [0.15, 0.2) is 11.6 Å². The average molecular weight is 315 g/mol. The Hall–Kier alpha value is -2.36. The molecule has 2 rings (SSSR count). The van der Waals surface area contributed by atoms with Gasteiger partial charge in [-0.05, 0) is 49.6 Å². The number of halogens is 1. The predicted molar refractivity (Wildman–Crippen MR) is 89.0 cm³/mol. The van der Waals surface area contributed by atoms with E-state index in [1.807, 2.05) is 13.8 Å². The van der Waals surface area contributed by atoms with Crippen molar-refractivity contribution >= 4 is 5.91 Å². The third kappa shape index (κ3) is 4.81. The first-order valence-corrected chi connectivity index (χ1v) is 7.68. The Bertz CT molecular complexity index is 675. The van der Waals surface area contributed by atoms with E-state index in [1.54, 1.807) is 18.2 Å². The van der Waals surface area contributed by atoms with Crippen molar-refractivity contribution in [2.24, 2.45) is 0 Å². The molecule has 1 N–H and O–H groups in total. The summed E-state index contributed by atoms with van der Waals surface area (Å²) >= 11 is 0. The highest BCUT2D eigenvalue weighted by atomic mass is 19.1. The Morgan fingerprint density at radius 3 is 2.43 bits per heavy atom. The summed E-state index contributed by atoms with van der Waals surface area (Å²) in [4.78, 5) is 11.9. The van der Waals surface area contributed by atoms with Crippen molar-refractivity contribution in [1.29, 1.82) is 0 Å². The summed E-state index contributed by atoms with van der Waals surface area (Å²) in [6.07, 6.45) is 0.193. The van der Waals surface area contributed by atoms with E-state index < -0.39 is 5.82 Å². The quantitative estimate of drug-likeness (QED) is 0.879. The van der Waals surface area contributed by atoms with Gasteiger partial charge in [-0.1, -0.05) is 29.8 Å². The van der Waals surface area contributed by atoms with Crippen molar-refractivity contribution in [3.63, 3.8) is 0 Å². The van der Waals surface area contributed by atoms with Crippen LogP contribution in [0.4, 0.5) is 4.39 Å². The van der Waals surface area contributed by atoms with E-state index in [4.69, 9.17) is 4.74 Å². The first-order valence-electron chi connectivity index (χ1n) is 7.68. The lowest BCUT2D eigenvalue weighted by molar-refractivity contribution is -0.121. The highest BCUT2D eigenvalue weighted by molar-refractivity contribution is 5.76. The minimum Gasteiger partial charge on any atom is -0.490 e. The molecule has 1 amide bonds. The molecule has 0 atom stereocenters. The van der Waals surface area contributed by atoms with Crippen LogP contribution in [0, 0.1) is 26.6 Å². The standard InChI is InChI=1S/C19H22FNO2/c1-13-10-14(2)16(15(3)11-13)12-21-19(22)8-9-23-18-7-5-4-6-17(18)20/h4-7,10-11H,8-9,12H2,1-3H3,(H,21,22). The van der Waals surface area contributed by atoms with Crippen LogP contribution in [0.1, 0.15) is 28.7 Å². The fourth-order valence-electron chi connectivity index (χ4n) is 2.58. The number of nitrogens with one attached hydrogen (secondary N) is 1. The second kappa shape index (κ2) is 7.77. The van der Waals surface area contributed by atoms with Crippen LogP contribution in [0.5, 0.6) is 5.75 Å². The number of aryl methyl sites for hydroxylation is 3. The van der Waals surface area contributed by atoms with Gasteiger partial charge in [0.1, 0.15) is 0 Å². The van der Waals surface area contributed by atoms with Gasteiger partial charge in [-0.2, -0.15) is 0 Å².